The number of carbonyl (C=O) groups excluding carboxylic acids is 2. The van der Waals surface area contributed by atoms with E-state index >= 15 is 0 Å². The maximum Gasteiger partial charge on any atom is 0.305 e. The number of aromatic nitrogens is 1. The zero-order valence-electron chi connectivity index (χ0n) is 20.0. The molecule has 190 valence electrons. The maximum atomic E-state index is 13.8. The highest BCUT2D eigenvalue weighted by Gasteiger charge is 2.69. The molecule has 10 heteroatoms. The van der Waals surface area contributed by atoms with E-state index in [9.17, 15) is 19.5 Å². The van der Waals surface area contributed by atoms with Crippen LogP contribution in [0.2, 0.25) is 0 Å². The van der Waals surface area contributed by atoms with Crippen LogP contribution in [0.5, 0.6) is 17.2 Å². The molecular formula is C27H24N2O6S2. The zero-order chi connectivity index (χ0) is 25.6. The highest BCUT2D eigenvalue weighted by atomic mass is 32.2. The van der Waals surface area contributed by atoms with Crippen LogP contribution in [-0.2, 0) is 9.59 Å². The Labute approximate surface area is 220 Å². The first-order valence-corrected chi connectivity index (χ1v) is 13.9. The number of methoxy groups -OCH3 is 2. The van der Waals surface area contributed by atoms with Gasteiger partial charge in [0, 0.05) is 16.0 Å². The van der Waals surface area contributed by atoms with Gasteiger partial charge in [-0.2, -0.15) is 0 Å². The second kappa shape index (κ2) is 8.13. The summed E-state index contributed by atoms with van der Waals surface area (Å²) in [5.74, 6) is -0.571. The SMILES string of the molecule is COc1cc([C@H]2c3sc(=O)[nH]c3SC3C4CC(C5C(=O)N(c6ccccc6)C(=O)C45)C32)cc(OC)c1O. The topological polar surface area (TPSA) is 109 Å². The quantitative estimate of drug-likeness (QED) is 0.488. The van der Waals surface area contributed by atoms with Crippen LogP contribution in [0.25, 0.3) is 0 Å². The lowest BCUT2D eigenvalue weighted by Gasteiger charge is -2.43. The highest BCUT2D eigenvalue weighted by Crippen LogP contribution is 2.69. The number of carbonyl (C=O) groups is 2. The number of amides is 2. The third kappa shape index (κ3) is 3.05. The van der Waals surface area contributed by atoms with Crippen molar-refractivity contribution in [1.29, 1.82) is 0 Å². The molecule has 7 rings (SSSR count). The molecule has 37 heavy (non-hydrogen) atoms. The Morgan fingerprint density at radius 3 is 2.27 bits per heavy atom. The summed E-state index contributed by atoms with van der Waals surface area (Å²) < 4.78 is 10.9. The van der Waals surface area contributed by atoms with Gasteiger partial charge in [0.2, 0.25) is 17.6 Å². The Morgan fingerprint density at radius 2 is 1.62 bits per heavy atom. The van der Waals surface area contributed by atoms with Crippen LogP contribution in [0, 0.1) is 29.6 Å². The first-order valence-electron chi connectivity index (χ1n) is 12.2. The predicted molar refractivity (Wildman–Crippen MR) is 139 cm³/mol. The lowest BCUT2D eigenvalue weighted by Crippen LogP contribution is -2.42. The summed E-state index contributed by atoms with van der Waals surface area (Å²) in [7, 11) is 2.97. The number of aromatic hydroxyl groups is 1. The molecular weight excluding hydrogens is 512 g/mol. The number of fused-ring (bicyclic) bond motifs is 9. The number of anilines is 1. The largest absolute Gasteiger partial charge is 0.502 e. The zero-order valence-corrected chi connectivity index (χ0v) is 21.7. The third-order valence-electron chi connectivity index (χ3n) is 8.60. The molecule has 3 aromatic rings. The molecule has 0 radical (unpaired) electrons. The number of phenols is 1. The van der Waals surface area contributed by atoms with Gasteiger partial charge in [0.25, 0.3) is 0 Å². The van der Waals surface area contributed by atoms with Gasteiger partial charge in [-0.1, -0.05) is 29.5 Å². The number of thioether (sulfide) groups is 1. The van der Waals surface area contributed by atoms with Crippen LogP contribution in [0.15, 0.2) is 52.3 Å². The summed E-state index contributed by atoms with van der Waals surface area (Å²) in [5.41, 5.74) is 1.48. The van der Waals surface area contributed by atoms with Gasteiger partial charge < -0.3 is 19.6 Å². The Bertz CT molecular complexity index is 1480. The number of nitrogens with zero attached hydrogens (tertiary/aromatic N) is 1. The lowest BCUT2D eigenvalue weighted by molar-refractivity contribution is -0.123. The van der Waals surface area contributed by atoms with E-state index in [0.717, 1.165) is 21.9 Å². The van der Waals surface area contributed by atoms with Gasteiger partial charge in [-0.3, -0.25) is 19.3 Å². The molecule has 2 aliphatic carbocycles. The van der Waals surface area contributed by atoms with Crippen LogP contribution < -0.4 is 19.2 Å². The maximum absolute atomic E-state index is 13.8. The number of phenolic OH excluding ortho intramolecular Hbond substituents is 1. The molecule has 7 atom stereocenters. The van der Waals surface area contributed by atoms with Crippen molar-refractivity contribution in [2.75, 3.05) is 19.1 Å². The van der Waals surface area contributed by atoms with Crippen molar-refractivity contribution in [3.63, 3.8) is 0 Å². The molecule has 4 aliphatic rings. The first kappa shape index (κ1) is 22.9. The minimum absolute atomic E-state index is 0.00110. The molecule has 2 N–H and O–H groups in total. The number of rotatable bonds is 4. The normalized spacial score (nSPS) is 31.3. The van der Waals surface area contributed by atoms with Gasteiger partial charge in [0.05, 0.1) is 36.8 Å². The van der Waals surface area contributed by atoms with Crippen LogP contribution in [0.4, 0.5) is 5.69 Å². The summed E-state index contributed by atoms with van der Waals surface area (Å²) in [6.45, 7) is 0. The average molecular weight is 537 g/mol. The van der Waals surface area contributed by atoms with E-state index in [1.807, 2.05) is 18.2 Å². The third-order valence-corrected chi connectivity index (χ3v) is 11.2. The molecule has 3 fully saturated rings. The molecule has 2 aromatic carbocycles. The van der Waals surface area contributed by atoms with Gasteiger partial charge in [0.15, 0.2) is 11.5 Å². The Morgan fingerprint density at radius 1 is 0.973 bits per heavy atom. The molecule has 2 amide bonds. The standard InChI is InChI=1S/C27H24N2O6S2/c1-34-15-8-11(9-16(35-2)21(15)30)17-18-13-10-14(22(18)36-24-23(17)37-27(33)28-24)20-19(13)25(31)29(26(20)32)12-6-4-3-5-7-12/h3-9,13-14,17-20,22,30H,10H2,1-2H3,(H,28,33)/t13?,14?,17-,18?,19?,20?,22?/m1/s1. The van der Waals surface area contributed by atoms with Crippen LogP contribution >= 0.6 is 23.1 Å². The predicted octanol–water partition coefficient (Wildman–Crippen LogP) is 3.84. The van der Waals surface area contributed by atoms with E-state index < -0.39 is 0 Å². The van der Waals surface area contributed by atoms with E-state index in [1.165, 1.54) is 30.5 Å². The van der Waals surface area contributed by atoms with Crippen LogP contribution in [0.3, 0.4) is 0 Å². The van der Waals surface area contributed by atoms with E-state index in [1.54, 1.807) is 36.0 Å². The molecule has 2 bridgehead atoms. The van der Waals surface area contributed by atoms with E-state index in [-0.39, 0.29) is 74.7 Å². The van der Waals surface area contributed by atoms with Gasteiger partial charge >= 0.3 is 4.87 Å². The smallest absolute Gasteiger partial charge is 0.305 e. The minimum Gasteiger partial charge on any atom is -0.502 e. The second-order valence-corrected chi connectivity index (χ2v) is 12.3. The van der Waals surface area contributed by atoms with Crippen molar-refractivity contribution in [1.82, 2.24) is 4.98 Å². The number of imide groups is 1. The number of hydrogen-bond donors (Lipinski definition) is 2. The van der Waals surface area contributed by atoms with Gasteiger partial charge in [-0.25, -0.2) is 0 Å². The number of H-pyrrole nitrogens is 1. The second-order valence-electron chi connectivity index (χ2n) is 10.1. The Kier molecular flexibility index (Phi) is 5.04. The van der Waals surface area contributed by atoms with E-state index in [0.29, 0.717) is 5.69 Å². The molecule has 2 saturated carbocycles. The Balaban J connectivity index is 1.36. The molecule has 1 saturated heterocycles. The molecule has 0 spiro atoms. The number of hydrogen-bond acceptors (Lipinski definition) is 8. The van der Waals surface area contributed by atoms with Crippen molar-refractivity contribution in [2.24, 2.45) is 29.6 Å². The molecule has 1 aromatic heterocycles. The van der Waals surface area contributed by atoms with Crippen molar-refractivity contribution in [3.8, 4) is 17.2 Å². The van der Waals surface area contributed by atoms with Crippen LogP contribution in [0.1, 0.15) is 22.8 Å². The highest BCUT2D eigenvalue weighted by molar-refractivity contribution is 8.00. The summed E-state index contributed by atoms with van der Waals surface area (Å²) in [4.78, 5) is 45.1. The first-order chi connectivity index (χ1) is 17.9. The number of benzene rings is 2. The summed E-state index contributed by atoms with van der Waals surface area (Å²) >= 11 is 2.83. The minimum atomic E-state index is -0.375. The summed E-state index contributed by atoms with van der Waals surface area (Å²) in [5, 5.41) is 11.4. The van der Waals surface area contributed by atoms with Crippen LogP contribution in [-0.4, -0.2) is 41.4 Å². The molecule has 8 nitrogen and oxygen atoms in total. The fourth-order valence-electron chi connectivity index (χ4n) is 7.31. The number of para-hydroxylation sites is 1. The molecule has 6 unspecified atom stereocenters. The van der Waals surface area contributed by atoms with Gasteiger partial charge in [-0.15, -0.1) is 11.8 Å². The summed E-state index contributed by atoms with van der Waals surface area (Å²) in [6, 6.07) is 12.7. The van der Waals surface area contributed by atoms with E-state index in [2.05, 4.69) is 4.98 Å². The number of thiazole rings is 1. The van der Waals surface area contributed by atoms with Crippen molar-refractivity contribution in [2.45, 2.75) is 22.6 Å². The van der Waals surface area contributed by atoms with Crippen molar-refractivity contribution in [3.05, 3.63) is 62.6 Å². The van der Waals surface area contributed by atoms with E-state index in [4.69, 9.17) is 9.47 Å². The molecule has 2 aliphatic heterocycles. The van der Waals surface area contributed by atoms with Crippen molar-refractivity contribution >= 4 is 40.6 Å². The van der Waals surface area contributed by atoms with Gasteiger partial charge in [-0.05, 0) is 54.0 Å². The monoisotopic (exact) mass is 536 g/mol. The van der Waals surface area contributed by atoms with Crippen molar-refractivity contribution < 1.29 is 24.2 Å². The lowest BCUT2D eigenvalue weighted by atomic mass is 9.68. The van der Waals surface area contributed by atoms with Gasteiger partial charge in [0.1, 0.15) is 0 Å². The number of nitrogens with one attached hydrogen (secondary N) is 1. The Hall–Kier alpha value is -3.24. The molecule has 3 heterocycles. The average Bonchev–Trinajstić information content (AvgIpc) is 3.63. The number of aromatic amines is 1. The fourth-order valence-corrected chi connectivity index (χ4v) is 10.2. The number of ether oxygens (including phenoxy) is 2. The summed E-state index contributed by atoms with van der Waals surface area (Å²) in [6.07, 6.45) is 0.805. The fraction of sp³-hybridized carbons (Fsp3) is 0.370.